The summed E-state index contributed by atoms with van der Waals surface area (Å²) < 4.78 is 0. The Labute approximate surface area is 190 Å². The number of amides is 2. The van der Waals surface area contributed by atoms with Gasteiger partial charge < -0.3 is 14.7 Å². The molecule has 2 amide bonds. The summed E-state index contributed by atoms with van der Waals surface area (Å²) in [4.78, 5) is 35.4. The quantitative estimate of drug-likeness (QED) is 0.679. The van der Waals surface area contributed by atoms with Crippen LogP contribution in [0, 0.1) is 13.8 Å². The molecule has 1 saturated heterocycles. The lowest BCUT2D eigenvalue weighted by Gasteiger charge is -2.36. The second-order valence-electron chi connectivity index (χ2n) is 8.82. The monoisotopic (exact) mass is 432 g/mol. The minimum Gasteiger partial charge on any atom is -0.378 e. The van der Waals surface area contributed by atoms with E-state index in [-0.39, 0.29) is 11.8 Å². The molecular weight excluding hydrogens is 400 g/mol. The van der Waals surface area contributed by atoms with Gasteiger partial charge in [-0.25, -0.2) is 4.90 Å². The number of carbonyl (C=O) groups excluding carboxylic acids is 2. The number of likely N-dealkylation sites (N-methyl/N-ethyl adjacent to an activating group) is 1. The summed E-state index contributed by atoms with van der Waals surface area (Å²) in [5.74, 6) is -0.475. The fourth-order valence-electron chi connectivity index (χ4n) is 4.58. The molecule has 0 N–H and O–H groups in total. The molecule has 0 radical (unpaired) electrons. The Balaban J connectivity index is 1.81. The molecule has 1 fully saturated rings. The molecule has 2 aliphatic heterocycles. The first-order chi connectivity index (χ1) is 15.3. The summed E-state index contributed by atoms with van der Waals surface area (Å²) >= 11 is 0. The number of nitrogens with zero attached hydrogens (tertiary/aromatic N) is 4. The molecule has 4 rings (SSSR count). The van der Waals surface area contributed by atoms with Crippen molar-refractivity contribution in [1.29, 1.82) is 0 Å². The predicted octanol–water partition coefficient (Wildman–Crippen LogP) is 3.29. The zero-order chi connectivity index (χ0) is 23.0. The number of benzene rings is 2. The lowest BCUT2D eigenvalue weighted by molar-refractivity contribution is -0.120. The van der Waals surface area contributed by atoms with Crippen molar-refractivity contribution in [3.63, 3.8) is 0 Å². The Hall–Kier alpha value is -3.12. The predicted molar refractivity (Wildman–Crippen MR) is 130 cm³/mol. The van der Waals surface area contributed by atoms with Gasteiger partial charge in [0.15, 0.2) is 0 Å². The van der Waals surface area contributed by atoms with E-state index in [0.717, 1.165) is 55.1 Å². The topological polar surface area (TPSA) is 47.1 Å². The Morgan fingerprint density at radius 2 is 1.62 bits per heavy atom. The van der Waals surface area contributed by atoms with Crippen LogP contribution in [0.5, 0.6) is 0 Å². The third-order valence-corrected chi connectivity index (χ3v) is 6.45. The van der Waals surface area contributed by atoms with Crippen molar-refractivity contribution in [2.75, 3.05) is 56.6 Å². The van der Waals surface area contributed by atoms with Crippen molar-refractivity contribution in [3.05, 3.63) is 64.9 Å². The number of imide groups is 1. The summed E-state index contributed by atoms with van der Waals surface area (Å²) in [5, 5.41) is 0. The van der Waals surface area contributed by atoms with Gasteiger partial charge in [-0.15, -0.1) is 0 Å². The van der Waals surface area contributed by atoms with Crippen LogP contribution in [0.1, 0.15) is 23.6 Å². The standard InChI is InChI=1S/C26H32N4O2/c1-6-28-12-14-29(15-13-28)24-23(22-11-10-18(2)16-19(22)3)25(31)30(26(24)32)21-9-7-8-20(17-21)27(4)5/h7-11,16-17H,6,12-15H2,1-5H3. The molecule has 0 aliphatic carbocycles. The number of anilines is 2. The van der Waals surface area contributed by atoms with Crippen molar-refractivity contribution in [2.24, 2.45) is 0 Å². The molecule has 2 aromatic rings. The number of piperazine rings is 1. The zero-order valence-electron chi connectivity index (χ0n) is 19.7. The molecule has 0 bridgehead atoms. The molecule has 168 valence electrons. The van der Waals surface area contributed by atoms with Gasteiger partial charge in [0.2, 0.25) is 0 Å². The summed E-state index contributed by atoms with van der Waals surface area (Å²) in [5.41, 5.74) is 5.60. The molecule has 0 atom stereocenters. The van der Waals surface area contributed by atoms with E-state index in [0.29, 0.717) is 17.0 Å². The third kappa shape index (κ3) is 3.91. The number of hydrogen-bond donors (Lipinski definition) is 0. The van der Waals surface area contributed by atoms with Crippen LogP contribution in [0.25, 0.3) is 5.57 Å². The molecule has 2 aliphatic rings. The van der Waals surface area contributed by atoms with Crippen LogP contribution in [-0.4, -0.2) is 68.4 Å². The van der Waals surface area contributed by atoms with Crippen LogP contribution >= 0.6 is 0 Å². The van der Waals surface area contributed by atoms with Gasteiger partial charge in [-0.3, -0.25) is 9.59 Å². The molecule has 6 nitrogen and oxygen atoms in total. The average Bonchev–Trinajstić information content (AvgIpc) is 3.04. The molecule has 2 heterocycles. The fourth-order valence-corrected chi connectivity index (χ4v) is 4.58. The maximum atomic E-state index is 13.8. The fraction of sp³-hybridized carbons (Fsp3) is 0.385. The highest BCUT2D eigenvalue weighted by Crippen LogP contribution is 2.37. The molecule has 0 saturated carbocycles. The van der Waals surface area contributed by atoms with Gasteiger partial charge in [-0.05, 0) is 49.7 Å². The van der Waals surface area contributed by atoms with E-state index >= 15 is 0 Å². The van der Waals surface area contributed by atoms with Gasteiger partial charge in [0.05, 0.1) is 11.3 Å². The van der Waals surface area contributed by atoms with E-state index in [1.54, 1.807) is 0 Å². The van der Waals surface area contributed by atoms with Crippen molar-refractivity contribution >= 4 is 28.8 Å². The van der Waals surface area contributed by atoms with E-state index < -0.39 is 0 Å². The van der Waals surface area contributed by atoms with Gasteiger partial charge in [0, 0.05) is 46.0 Å². The lowest BCUT2D eigenvalue weighted by Crippen LogP contribution is -2.47. The first kappa shape index (κ1) is 22.1. The Bertz CT molecular complexity index is 1080. The molecule has 32 heavy (non-hydrogen) atoms. The number of aryl methyl sites for hydroxylation is 2. The minimum atomic E-state index is -0.245. The van der Waals surface area contributed by atoms with Gasteiger partial charge in [0.25, 0.3) is 11.8 Å². The second kappa shape index (κ2) is 8.79. The Morgan fingerprint density at radius 3 is 2.25 bits per heavy atom. The van der Waals surface area contributed by atoms with Crippen LogP contribution in [0.4, 0.5) is 11.4 Å². The van der Waals surface area contributed by atoms with Gasteiger partial charge in [-0.2, -0.15) is 0 Å². The smallest absolute Gasteiger partial charge is 0.282 e. The van der Waals surface area contributed by atoms with Crippen molar-refractivity contribution in [1.82, 2.24) is 9.80 Å². The van der Waals surface area contributed by atoms with Gasteiger partial charge in [0.1, 0.15) is 5.70 Å². The van der Waals surface area contributed by atoms with Crippen molar-refractivity contribution in [2.45, 2.75) is 20.8 Å². The molecule has 0 unspecified atom stereocenters. The normalized spacial score (nSPS) is 17.5. The van der Waals surface area contributed by atoms with E-state index in [1.165, 1.54) is 4.90 Å². The van der Waals surface area contributed by atoms with E-state index in [2.05, 4.69) is 22.8 Å². The lowest BCUT2D eigenvalue weighted by atomic mass is 9.97. The third-order valence-electron chi connectivity index (χ3n) is 6.45. The number of hydrogen-bond acceptors (Lipinski definition) is 5. The Kier molecular flexibility index (Phi) is 6.07. The van der Waals surface area contributed by atoms with Gasteiger partial charge >= 0.3 is 0 Å². The average molecular weight is 433 g/mol. The summed E-state index contributed by atoms with van der Waals surface area (Å²) in [7, 11) is 3.90. The van der Waals surface area contributed by atoms with Crippen LogP contribution in [0.15, 0.2) is 48.2 Å². The number of carbonyl (C=O) groups is 2. The van der Waals surface area contributed by atoms with Crippen molar-refractivity contribution < 1.29 is 9.59 Å². The first-order valence-electron chi connectivity index (χ1n) is 11.3. The largest absolute Gasteiger partial charge is 0.378 e. The van der Waals surface area contributed by atoms with Crippen LogP contribution < -0.4 is 9.80 Å². The van der Waals surface area contributed by atoms with Crippen molar-refractivity contribution in [3.8, 4) is 0 Å². The van der Waals surface area contributed by atoms with E-state index in [1.807, 2.05) is 69.2 Å². The zero-order valence-corrected chi connectivity index (χ0v) is 19.7. The van der Waals surface area contributed by atoms with E-state index in [9.17, 15) is 9.59 Å². The Morgan fingerprint density at radius 1 is 0.906 bits per heavy atom. The maximum absolute atomic E-state index is 13.8. The first-order valence-corrected chi connectivity index (χ1v) is 11.3. The molecular formula is C26H32N4O2. The minimum absolute atomic E-state index is 0.231. The summed E-state index contributed by atoms with van der Waals surface area (Å²) in [6, 6.07) is 13.6. The SMILES string of the molecule is CCN1CCN(C2=C(c3ccc(C)cc3C)C(=O)N(c3cccc(N(C)C)c3)C2=O)CC1. The second-order valence-corrected chi connectivity index (χ2v) is 8.82. The summed E-state index contributed by atoms with van der Waals surface area (Å²) in [6.45, 7) is 10.4. The summed E-state index contributed by atoms with van der Waals surface area (Å²) in [6.07, 6.45) is 0. The molecule has 0 spiro atoms. The highest BCUT2D eigenvalue weighted by atomic mass is 16.2. The number of rotatable bonds is 5. The van der Waals surface area contributed by atoms with Crippen LogP contribution in [0.2, 0.25) is 0 Å². The molecule has 0 aromatic heterocycles. The van der Waals surface area contributed by atoms with Crippen LogP contribution in [0.3, 0.4) is 0 Å². The van der Waals surface area contributed by atoms with Gasteiger partial charge in [-0.1, -0.05) is 36.8 Å². The highest BCUT2D eigenvalue weighted by Gasteiger charge is 2.43. The molecule has 2 aromatic carbocycles. The highest BCUT2D eigenvalue weighted by molar-refractivity contribution is 6.45. The van der Waals surface area contributed by atoms with E-state index in [4.69, 9.17) is 0 Å². The maximum Gasteiger partial charge on any atom is 0.282 e. The van der Waals surface area contributed by atoms with Crippen LogP contribution in [-0.2, 0) is 9.59 Å². The molecule has 6 heteroatoms.